The van der Waals surface area contributed by atoms with Gasteiger partial charge in [0.2, 0.25) is 0 Å². The Hall–Kier alpha value is -1.19. The van der Waals surface area contributed by atoms with E-state index in [0.29, 0.717) is 19.0 Å². The number of hydrogen-bond donors (Lipinski definition) is 3. The van der Waals surface area contributed by atoms with Crippen LogP contribution in [0.4, 0.5) is 0 Å². The minimum Gasteiger partial charge on any atom is -0.387 e. The molecule has 3 N–H and O–H groups in total. The van der Waals surface area contributed by atoms with Gasteiger partial charge in [0, 0.05) is 18.0 Å². The molecule has 0 bridgehead atoms. The number of thiazole rings is 1. The highest BCUT2D eigenvalue weighted by atomic mass is 127. The first-order valence-electron chi connectivity index (χ1n) is 8.19. The summed E-state index contributed by atoms with van der Waals surface area (Å²) in [6.45, 7) is 9.85. The van der Waals surface area contributed by atoms with Gasteiger partial charge in [0.1, 0.15) is 0 Å². The molecule has 2 rings (SSSR count). The molecule has 1 atom stereocenters. The second-order valence-corrected chi connectivity index (χ2v) is 7.03. The molecule has 0 aliphatic rings. The minimum atomic E-state index is -0.568. The smallest absolute Gasteiger partial charge is 0.191 e. The van der Waals surface area contributed by atoms with Gasteiger partial charge in [0.05, 0.1) is 23.4 Å². The van der Waals surface area contributed by atoms with E-state index >= 15 is 0 Å². The van der Waals surface area contributed by atoms with Crippen molar-refractivity contribution in [2.75, 3.05) is 13.1 Å². The zero-order valence-corrected chi connectivity index (χ0v) is 18.3. The number of aliphatic imine (C=N–C) groups is 1. The van der Waals surface area contributed by atoms with E-state index < -0.39 is 6.10 Å². The van der Waals surface area contributed by atoms with E-state index in [9.17, 15) is 5.11 Å². The number of guanidine groups is 1. The molecule has 0 saturated heterocycles. The third kappa shape index (κ3) is 6.91. The van der Waals surface area contributed by atoms with E-state index in [2.05, 4.69) is 20.6 Å². The molecule has 0 saturated carbocycles. The Balaban J connectivity index is 0.00000312. The number of benzene rings is 1. The molecule has 1 aromatic heterocycles. The molecule has 1 heterocycles. The van der Waals surface area contributed by atoms with Crippen LogP contribution in [0, 0.1) is 20.8 Å². The third-order valence-corrected chi connectivity index (χ3v) is 4.71. The van der Waals surface area contributed by atoms with Crippen LogP contribution in [-0.4, -0.2) is 29.1 Å². The highest BCUT2D eigenvalue weighted by molar-refractivity contribution is 14.0. The Morgan fingerprint density at radius 2 is 1.88 bits per heavy atom. The first-order chi connectivity index (χ1) is 11.5. The van der Waals surface area contributed by atoms with Crippen molar-refractivity contribution in [3.63, 3.8) is 0 Å². The molecule has 0 aliphatic heterocycles. The third-order valence-electron chi connectivity index (χ3n) is 3.65. The number of halogens is 1. The van der Waals surface area contributed by atoms with Crippen molar-refractivity contribution in [1.82, 2.24) is 15.6 Å². The summed E-state index contributed by atoms with van der Waals surface area (Å²) in [5.41, 5.74) is 3.12. The summed E-state index contributed by atoms with van der Waals surface area (Å²) in [5, 5.41) is 17.8. The maximum Gasteiger partial charge on any atom is 0.191 e. The van der Waals surface area contributed by atoms with E-state index in [0.717, 1.165) is 22.8 Å². The van der Waals surface area contributed by atoms with Crippen LogP contribution in [0.25, 0.3) is 0 Å². The number of aromatic nitrogens is 1. The monoisotopic (exact) mass is 474 g/mol. The number of aliphatic hydroxyl groups excluding tert-OH is 1. The first kappa shape index (κ1) is 21.9. The molecule has 0 spiro atoms. The molecular formula is C18H27IN4OS. The number of aliphatic hydroxyl groups is 1. The second kappa shape index (κ2) is 10.7. The first-order valence-corrected chi connectivity index (χ1v) is 9.01. The van der Waals surface area contributed by atoms with Gasteiger partial charge in [0.15, 0.2) is 5.96 Å². The normalized spacial score (nSPS) is 12.4. The zero-order valence-electron chi connectivity index (χ0n) is 15.2. The van der Waals surface area contributed by atoms with E-state index in [1.165, 1.54) is 10.4 Å². The number of aryl methyl sites for hydroxylation is 3. The van der Waals surface area contributed by atoms with Gasteiger partial charge in [-0.2, -0.15) is 0 Å². The van der Waals surface area contributed by atoms with Crippen molar-refractivity contribution in [3.05, 3.63) is 51.0 Å². The average molecular weight is 474 g/mol. The van der Waals surface area contributed by atoms with Crippen LogP contribution in [0.3, 0.4) is 0 Å². The van der Waals surface area contributed by atoms with E-state index in [1.807, 2.05) is 52.0 Å². The maximum absolute atomic E-state index is 10.3. The molecule has 1 unspecified atom stereocenters. The molecule has 1 aromatic carbocycles. The Morgan fingerprint density at radius 3 is 2.44 bits per heavy atom. The standard InChI is InChI=1S/C18H26N4OS.HI/c1-5-19-18(21-11-17-13(3)22-14(4)24-17)20-10-16(23)15-8-6-12(2)7-9-15;/h6-9,16,23H,5,10-11H2,1-4H3,(H2,19,20,21);1H. The maximum atomic E-state index is 10.3. The van der Waals surface area contributed by atoms with Crippen molar-refractivity contribution in [2.45, 2.75) is 40.3 Å². The Morgan fingerprint density at radius 1 is 1.20 bits per heavy atom. The zero-order chi connectivity index (χ0) is 17.5. The van der Waals surface area contributed by atoms with Gasteiger partial charge in [-0.15, -0.1) is 35.3 Å². The van der Waals surface area contributed by atoms with E-state index in [1.54, 1.807) is 11.3 Å². The SMILES string of the molecule is CCNC(=NCc1sc(C)nc1C)NCC(O)c1ccc(C)cc1.I. The Bertz CT molecular complexity index is 685. The largest absolute Gasteiger partial charge is 0.387 e. The lowest BCUT2D eigenvalue weighted by Crippen LogP contribution is -2.39. The molecule has 25 heavy (non-hydrogen) atoms. The molecule has 7 heteroatoms. The number of nitrogens with one attached hydrogen (secondary N) is 2. The van der Waals surface area contributed by atoms with Gasteiger partial charge in [0.25, 0.3) is 0 Å². The lowest BCUT2D eigenvalue weighted by molar-refractivity contribution is 0.181. The van der Waals surface area contributed by atoms with Crippen LogP contribution in [0.15, 0.2) is 29.3 Å². The molecule has 0 aliphatic carbocycles. The fourth-order valence-corrected chi connectivity index (χ4v) is 3.17. The van der Waals surface area contributed by atoms with Crippen molar-refractivity contribution in [1.29, 1.82) is 0 Å². The van der Waals surface area contributed by atoms with E-state index in [4.69, 9.17) is 0 Å². The summed E-state index contributed by atoms with van der Waals surface area (Å²) in [5.74, 6) is 0.703. The quantitative estimate of drug-likeness (QED) is 0.341. The molecule has 5 nitrogen and oxygen atoms in total. The molecule has 2 aromatic rings. The highest BCUT2D eigenvalue weighted by Crippen LogP contribution is 2.18. The van der Waals surface area contributed by atoms with Crippen molar-refractivity contribution in [2.24, 2.45) is 4.99 Å². The summed E-state index contributed by atoms with van der Waals surface area (Å²) in [6, 6.07) is 7.92. The summed E-state index contributed by atoms with van der Waals surface area (Å²) < 4.78 is 0. The van der Waals surface area contributed by atoms with Crippen molar-refractivity contribution >= 4 is 41.3 Å². The molecule has 0 amide bonds. The van der Waals surface area contributed by atoms with Crippen LogP contribution in [0.1, 0.15) is 39.7 Å². The average Bonchev–Trinajstić information content (AvgIpc) is 2.88. The van der Waals surface area contributed by atoms with Crippen molar-refractivity contribution in [3.8, 4) is 0 Å². The van der Waals surface area contributed by atoms with Gasteiger partial charge >= 0.3 is 0 Å². The number of rotatable bonds is 6. The Kier molecular flexibility index (Phi) is 9.37. The van der Waals surface area contributed by atoms with Crippen LogP contribution in [0.5, 0.6) is 0 Å². The summed E-state index contributed by atoms with van der Waals surface area (Å²) in [7, 11) is 0. The molecular weight excluding hydrogens is 447 g/mol. The minimum absolute atomic E-state index is 0. The van der Waals surface area contributed by atoms with Gasteiger partial charge in [-0.3, -0.25) is 0 Å². The second-order valence-electron chi connectivity index (χ2n) is 5.74. The van der Waals surface area contributed by atoms with Gasteiger partial charge in [-0.25, -0.2) is 9.98 Å². The molecule has 0 fully saturated rings. The highest BCUT2D eigenvalue weighted by Gasteiger charge is 2.09. The topological polar surface area (TPSA) is 69.5 Å². The molecule has 0 radical (unpaired) electrons. The summed E-state index contributed by atoms with van der Waals surface area (Å²) in [4.78, 5) is 10.2. The number of nitrogens with zero attached hydrogens (tertiary/aromatic N) is 2. The van der Waals surface area contributed by atoms with E-state index in [-0.39, 0.29) is 24.0 Å². The van der Waals surface area contributed by atoms with Gasteiger partial charge in [-0.1, -0.05) is 29.8 Å². The Labute approximate surface area is 171 Å². The molecule has 138 valence electrons. The predicted molar refractivity (Wildman–Crippen MR) is 116 cm³/mol. The predicted octanol–water partition coefficient (Wildman–Crippen LogP) is 3.48. The van der Waals surface area contributed by atoms with Gasteiger partial charge in [-0.05, 0) is 33.3 Å². The van der Waals surface area contributed by atoms with Crippen LogP contribution >= 0.6 is 35.3 Å². The summed E-state index contributed by atoms with van der Waals surface area (Å²) >= 11 is 1.67. The van der Waals surface area contributed by atoms with Crippen LogP contribution in [0.2, 0.25) is 0 Å². The van der Waals surface area contributed by atoms with Gasteiger partial charge < -0.3 is 15.7 Å². The lowest BCUT2D eigenvalue weighted by Gasteiger charge is -2.15. The lowest BCUT2D eigenvalue weighted by atomic mass is 10.1. The fraction of sp³-hybridized carbons (Fsp3) is 0.444. The van der Waals surface area contributed by atoms with Crippen molar-refractivity contribution < 1.29 is 5.11 Å². The number of hydrogen-bond acceptors (Lipinski definition) is 4. The van der Waals surface area contributed by atoms with Crippen LogP contribution in [-0.2, 0) is 6.54 Å². The summed E-state index contributed by atoms with van der Waals surface area (Å²) in [6.07, 6.45) is -0.568. The van der Waals surface area contributed by atoms with Crippen LogP contribution < -0.4 is 10.6 Å². The fourth-order valence-electron chi connectivity index (χ4n) is 2.31.